The molecule has 108 valence electrons. The van der Waals surface area contributed by atoms with Crippen LogP contribution in [-0.4, -0.2) is 19.4 Å². The van der Waals surface area contributed by atoms with Crippen molar-refractivity contribution in [2.45, 2.75) is 30.7 Å². The molecule has 0 aliphatic carbocycles. The van der Waals surface area contributed by atoms with Crippen molar-refractivity contribution in [3.63, 3.8) is 0 Å². The van der Waals surface area contributed by atoms with Gasteiger partial charge in [-0.15, -0.1) is 12.3 Å². The first-order valence-corrected chi connectivity index (χ1v) is 7.57. The summed E-state index contributed by atoms with van der Waals surface area (Å²) in [7, 11) is -4.03. The van der Waals surface area contributed by atoms with E-state index in [1.165, 1.54) is 6.07 Å². The second-order valence-corrected chi connectivity index (χ2v) is 6.12. The van der Waals surface area contributed by atoms with E-state index in [0.717, 1.165) is 12.1 Å². The second-order valence-electron chi connectivity index (χ2n) is 4.00. The maximum Gasteiger partial charge on any atom is 0.290 e. The Balaban J connectivity index is 3.22. The van der Waals surface area contributed by atoms with Crippen LogP contribution in [0.1, 0.15) is 19.8 Å². The van der Waals surface area contributed by atoms with Gasteiger partial charge in [0, 0.05) is 23.6 Å². The summed E-state index contributed by atoms with van der Waals surface area (Å²) >= 11 is 5.65. The third-order valence-corrected chi connectivity index (χ3v) is 4.39. The Hall–Kier alpha value is -1.62. The molecule has 8 heteroatoms. The third kappa shape index (κ3) is 3.93. The Kier molecular flexibility index (Phi) is 5.51. The predicted molar refractivity (Wildman–Crippen MR) is 76.0 cm³/mol. The number of nitrogens with zero attached hydrogens (tertiary/aromatic N) is 1. The fourth-order valence-electron chi connectivity index (χ4n) is 1.55. The number of nitro groups is 1. The van der Waals surface area contributed by atoms with Crippen molar-refractivity contribution in [1.82, 2.24) is 4.72 Å². The zero-order valence-corrected chi connectivity index (χ0v) is 12.2. The summed E-state index contributed by atoms with van der Waals surface area (Å²) in [5.41, 5.74) is -0.569. The quantitative estimate of drug-likeness (QED) is 0.495. The summed E-state index contributed by atoms with van der Waals surface area (Å²) in [6.45, 7) is 1.76. The van der Waals surface area contributed by atoms with E-state index in [9.17, 15) is 18.5 Å². The first-order valence-electron chi connectivity index (χ1n) is 5.71. The molecule has 0 aliphatic heterocycles. The Morgan fingerprint density at radius 2 is 2.20 bits per heavy atom. The summed E-state index contributed by atoms with van der Waals surface area (Å²) in [4.78, 5) is 9.71. The molecule has 1 rings (SSSR count). The number of rotatable bonds is 6. The lowest BCUT2D eigenvalue weighted by atomic mass is 10.2. The smallest absolute Gasteiger partial charge is 0.258 e. The van der Waals surface area contributed by atoms with E-state index in [1.807, 2.05) is 0 Å². The Bertz CT molecular complexity index is 652. The molecule has 0 aliphatic rings. The number of halogens is 1. The fourth-order valence-corrected chi connectivity index (χ4v) is 3.19. The number of hydrogen-bond acceptors (Lipinski definition) is 4. The molecule has 0 heterocycles. The molecule has 0 radical (unpaired) electrons. The molecular weight excluding hydrogens is 304 g/mol. The fraction of sp³-hybridized carbons (Fsp3) is 0.333. The standard InChI is InChI=1S/C12H13ClN2O4S/c1-3-5-10(4-2)14-20(18,19)12-7-6-9(13)8-11(12)15(16)17/h1,6-8,10,14H,4-5H2,2H3. The predicted octanol–water partition coefficient (Wildman–Crippen LogP) is 2.33. The first kappa shape index (κ1) is 16.4. The largest absolute Gasteiger partial charge is 0.290 e. The maximum atomic E-state index is 12.2. The van der Waals surface area contributed by atoms with Crippen LogP contribution in [0, 0.1) is 22.5 Å². The average molecular weight is 317 g/mol. The van der Waals surface area contributed by atoms with Crippen LogP contribution in [0.4, 0.5) is 5.69 Å². The normalized spacial score (nSPS) is 12.7. The number of hydrogen-bond donors (Lipinski definition) is 1. The lowest BCUT2D eigenvalue weighted by Crippen LogP contribution is -2.34. The SMILES string of the molecule is C#CCC(CC)NS(=O)(=O)c1ccc(Cl)cc1[N+](=O)[O-]. The molecule has 20 heavy (non-hydrogen) atoms. The Morgan fingerprint density at radius 1 is 1.55 bits per heavy atom. The van der Waals surface area contributed by atoms with Gasteiger partial charge in [-0.1, -0.05) is 18.5 Å². The van der Waals surface area contributed by atoms with Crippen molar-refractivity contribution in [2.24, 2.45) is 0 Å². The van der Waals surface area contributed by atoms with Crippen LogP contribution in [0.3, 0.4) is 0 Å². The van der Waals surface area contributed by atoms with Gasteiger partial charge in [0.1, 0.15) is 0 Å². The van der Waals surface area contributed by atoms with Crippen molar-refractivity contribution in [1.29, 1.82) is 0 Å². The lowest BCUT2D eigenvalue weighted by Gasteiger charge is -2.14. The molecule has 1 unspecified atom stereocenters. The van der Waals surface area contributed by atoms with Crippen LogP contribution in [0.5, 0.6) is 0 Å². The minimum Gasteiger partial charge on any atom is -0.258 e. The van der Waals surface area contributed by atoms with Crippen molar-refractivity contribution in [3.05, 3.63) is 33.3 Å². The molecule has 1 aromatic rings. The molecule has 1 N–H and O–H groups in total. The van der Waals surface area contributed by atoms with Gasteiger partial charge in [-0.05, 0) is 18.6 Å². The summed E-state index contributed by atoms with van der Waals surface area (Å²) in [5, 5.41) is 11.0. The first-order chi connectivity index (χ1) is 9.31. The maximum absolute atomic E-state index is 12.2. The highest BCUT2D eigenvalue weighted by Crippen LogP contribution is 2.27. The van der Waals surface area contributed by atoms with Crippen LogP contribution < -0.4 is 4.72 Å². The van der Waals surface area contributed by atoms with Crippen molar-refractivity contribution < 1.29 is 13.3 Å². The zero-order valence-electron chi connectivity index (χ0n) is 10.7. The van der Waals surface area contributed by atoms with E-state index in [1.54, 1.807) is 6.92 Å². The molecule has 0 spiro atoms. The minimum atomic E-state index is -4.03. The van der Waals surface area contributed by atoms with Crippen LogP contribution in [0.25, 0.3) is 0 Å². The zero-order chi connectivity index (χ0) is 15.3. The summed E-state index contributed by atoms with van der Waals surface area (Å²) in [6, 6.07) is 2.91. The van der Waals surface area contributed by atoms with Gasteiger partial charge in [-0.25, -0.2) is 13.1 Å². The molecule has 0 fully saturated rings. The third-order valence-electron chi connectivity index (χ3n) is 2.59. The van der Waals surface area contributed by atoms with Gasteiger partial charge in [0.15, 0.2) is 4.90 Å². The number of benzene rings is 1. The molecule has 0 aromatic heterocycles. The highest BCUT2D eigenvalue weighted by molar-refractivity contribution is 7.89. The lowest BCUT2D eigenvalue weighted by molar-refractivity contribution is -0.387. The number of sulfonamides is 1. The van der Waals surface area contributed by atoms with E-state index in [4.69, 9.17) is 18.0 Å². The molecule has 6 nitrogen and oxygen atoms in total. The summed E-state index contributed by atoms with van der Waals surface area (Å²) in [6.07, 6.45) is 5.83. The van der Waals surface area contributed by atoms with Crippen LogP contribution in [-0.2, 0) is 10.0 Å². The molecule has 0 saturated heterocycles. The average Bonchev–Trinajstić information content (AvgIpc) is 2.37. The highest BCUT2D eigenvalue weighted by Gasteiger charge is 2.27. The minimum absolute atomic E-state index is 0.0892. The number of nitrogens with one attached hydrogen (secondary N) is 1. The molecular formula is C12H13ClN2O4S. The van der Waals surface area contributed by atoms with Crippen molar-refractivity contribution in [3.8, 4) is 12.3 Å². The van der Waals surface area contributed by atoms with Gasteiger partial charge >= 0.3 is 0 Å². The molecule has 0 bridgehead atoms. The van der Waals surface area contributed by atoms with Gasteiger partial charge in [0.25, 0.3) is 5.69 Å². The highest BCUT2D eigenvalue weighted by atomic mass is 35.5. The second kappa shape index (κ2) is 6.70. The van der Waals surface area contributed by atoms with Crippen molar-refractivity contribution >= 4 is 27.3 Å². The molecule has 1 atom stereocenters. The van der Waals surface area contributed by atoms with E-state index in [2.05, 4.69) is 10.6 Å². The van der Waals surface area contributed by atoms with E-state index >= 15 is 0 Å². The summed E-state index contributed by atoms with van der Waals surface area (Å²) in [5.74, 6) is 2.36. The van der Waals surface area contributed by atoms with Crippen LogP contribution in [0.15, 0.2) is 23.1 Å². The Labute approximate surface area is 122 Å². The van der Waals surface area contributed by atoms with Gasteiger partial charge in [-0.2, -0.15) is 0 Å². The van der Waals surface area contributed by atoms with Gasteiger partial charge in [-0.3, -0.25) is 10.1 Å². The summed E-state index contributed by atoms with van der Waals surface area (Å²) < 4.78 is 26.7. The molecule has 0 amide bonds. The van der Waals surface area contributed by atoms with Gasteiger partial charge in [0.2, 0.25) is 10.0 Å². The van der Waals surface area contributed by atoms with Crippen molar-refractivity contribution in [2.75, 3.05) is 0 Å². The van der Waals surface area contributed by atoms with Crippen LogP contribution >= 0.6 is 11.6 Å². The van der Waals surface area contributed by atoms with Crippen LogP contribution in [0.2, 0.25) is 5.02 Å². The Morgan fingerprint density at radius 3 is 2.70 bits per heavy atom. The van der Waals surface area contributed by atoms with Gasteiger partial charge < -0.3 is 0 Å². The molecule has 1 aromatic carbocycles. The monoisotopic (exact) mass is 316 g/mol. The van der Waals surface area contributed by atoms with E-state index < -0.39 is 31.6 Å². The molecule has 0 saturated carbocycles. The number of nitro benzene ring substituents is 1. The number of terminal acetylenes is 1. The van der Waals surface area contributed by atoms with E-state index in [0.29, 0.717) is 6.42 Å². The topological polar surface area (TPSA) is 89.3 Å². The van der Waals surface area contributed by atoms with Gasteiger partial charge in [0.05, 0.1) is 4.92 Å². The van der Waals surface area contributed by atoms with E-state index in [-0.39, 0.29) is 11.4 Å².